The number of rotatable bonds is 7. The van der Waals surface area contributed by atoms with Crippen molar-refractivity contribution in [1.82, 2.24) is 15.4 Å². The van der Waals surface area contributed by atoms with E-state index < -0.39 is 0 Å². The molecule has 33 heavy (non-hydrogen) atoms. The molecule has 5 rings (SSSR count). The number of piperidine rings is 1. The summed E-state index contributed by atoms with van der Waals surface area (Å²) in [4.78, 5) is 16.4. The molecule has 2 aliphatic rings. The number of hydrogen-bond donors (Lipinski definition) is 1. The number of carbonyl (C=O) groups is 1. The summed E-state index contributed by atoms with van der Waals surface area (Å²) in [6.07, 6.45) is 3.48. The number of benzene rings is 2. The first kappa shape index (κ1) is 22.2. The Balaban J connectivity index is 1.16. The minimum atomic E-state index is 0.293. The van der Waals surface area contributed by atoms with Gasteiger partial charge in [0.05, 0.1) is 11.4 Å². The van der Waals surface area contributed by atoms with Crippen LogP contribution in [-0.4, -0.2) is 35.6 Å². The maximum Gasteiger partial charge on any atom is 0.223 e. The molecule has 0 unspecified atom stereocenters. The highest BCUT2D eigenvalue weighted by molar-refractivity contribution is 7.98. The fourth-order valence-electron chi connectivity index (χ4n) is 5.01. The van der Waals surface area contributed by atoms with Crippen molar-refractivity contribution in [3.63, 3.8) is 0 Å². The number of amides is 1. The van der Waals surface area contributed by atoms with E-state index in [9.17, 15) is 4.79 Å². The summed E-state index contributed by atoms with van der Waals surface area (Å²) in [7, 11) is 0. The van der Waals surface area contributed by atoms with Gasteiger partial charge >= 0.3 is 0 Å². The zero-order chi connectivity index (χ0) is 22.5. The molecule has 2 aromatic carbocycles. The van der Waals surface area contributed by atoms with Crippen LogP contribution < -0.4 is 5.32 Å². The number of fused-ring (bicyclic) bond motifs is 1. The van der Waals surface area contributed by atoms with Gasteiger partial charge in [0.15, 0.2) is 0 Å². The van der Waals surface area contributed by atoms with E-state index in [1.54, 1.807) is 11.8 Å². The van der Waals surface area contributed by atoms with E-state index >= 15 is 0 Å². The molecule has 1 N–H and O–H groups in total. The van der Waals surface area contributed by atoms with Gasteiger partial charge in [-0.15, -0.1) is 11.8 Å². The van der Waals surface area contributed by atoms with Crippen molar-refractivity contribution in [3.8, 4) is 0 Å². The molecule has 3 aromatic rings. The molecule has 0 bridgehead atoms. The van der Waals surface area contributed by atoms with Crippen LogP contribution >= 0.6 is 11.8 Å². The monoisotopic (exact) mass is 461 g/mol. The van der Waals surface area contributed by atoms with E-state index in [1.807, 2.05) is 18.2 Å². The molecule has 0 spiro atoms. The van der Waals surface area contributed by atoms with Crippen LogP contribution in [0.4, 0.5) is 0 Å². The van der Waals surface area contributed by atoms with Crippen LogP contribution in [0, 0.1) is 11.8 Å². The molecular weight excluding hydrogens is 430 g/mol. The van der Waals surface area contributed by atoms with Gasteiger partial charge in [0.2, 0.25) is 5.91 Å². The third kappa shape index (κ3) is 5.68. The second kappa shape index (κ2) is 10.6. The van der Waals surface area contributed by atoms with Gasteiger partial charge in [-0.3, -0.25) is 4.79 Å². The number of nitrogens with one attached hydrogen (secondary N) is 1. The number of hydrogen-bond acceptors (Lipinski definition) is 5. The average molecular weight is 462 g/mol. The van der Waals surface area contributed by atoms with Crippen LogP contribution in [-0.2, 0) is 29.9 Å². The number of thioether (sulfide) groups is 1. The average Bonchev–Trinajstić information content (AvgIpc) is 3.31. The molecule has 0 aliphatic carbocycles. The normalized spacial score (nSPS) is 20.4. The van der Waals surface area contributed by atoms with Crippen molar-refractivity contribution in [1.29, 1.82) is 0 Å². The van der Waals surface area contributed by atoms with Gasteiger partial charge in [0, 0.05) is 30.5 Å². The molecule has 3 heterocycles. The Bertz CT molecular complexity index is 1070. The first-order valence-electron chi connectivity index (χ1n) is 11.9. The third-order valence-corrected chi connectivity index (χ3v) is 7.92. The highest BCUT2D eigenvalue weighted by Gasteiger charge is 2.30. The molecule has 1 fully saturated rings. The summed E-state index contributed by atoms with van der Waals surface area (Å²) >= 11 is 1.76. The van der Waals surface area contributed by atoms with E-state index in [0.29, 0.717) is 24.2 Å². The first-order chi connectivity index (χ1) is 16.2. The Morgan fingerprint density at radius 3 is 2.79 bits per heavy atom. The Hall–Kier alpha value is -2.57. The molecule has 2 aliphatic heterocycles. The van der Waals surface area contributed by atoms with E-state index in [2.05, 4.69) is 57.8 Å². The smallest absolute Gasteiger partial charge is 0.223 e. The van der Waals surface area contributed by atoms with Crippen molar-refractivity contribution in [3.05, 3.63) is 83.2 Å². The molecule has 2 atom stereocenters. The van der Waals surface area contributed by atoms with Gasteiger partial charge in [-0.25, -0.2) is 0 Å². The molecule has 1 amide bonds. The number of nitrogens with zero attached hydrogens (tertiary/aromatic N) is 2. The minimum absolute atomic E-state index is 0.293. The van der Waals surface area contributed by atoms with Gasteiger partial charge in [-0.2, -0.15) is 0 Å². The van der Waals surface area contributed by atoms with E-state index in [0.717, 1.165) is 62.6 Å². The Morgan fingerprint density at radius 2 is 1.91 bits per heavy atom. The Labute approximate surface area is 199 Å². The lowest BCUT2D eigenvalue weighted by atomic mass is 9.81. The highest BCUT2D eigenvalue weighted by Crippen LogP contribution is 2.29. The van der Waals surface area contributed by atoms with E-state index in [-0.39, 0.29) is 0 Å². The summed E-state index contributed by atoms with van der Waals surface area (Å²) in [5.74, 6) is 2.76. The largest absolute Gasteiger partial charge is 0.360 e. The SMILES string of the molecule is O=C(C[C@@H]1CCNC[C@@H]1Cc1cc(CSc2ccccc2)on1)N1CCc2ccccc2C1. The lowest BCUT2D eigenvalue weighted by Crippen LogP contribution is -2.42. The molecule has 6 heteroatoms. The van der Waals surface area contributed by atoms with E-state index in [4.69, 9.17) is 4.52 Å². The van der Waals surface area contributed by atoms with Gasteiger partial charge in [-0.05, 0) is 67.4 Å². The maximum atomic E-state index is 13.2. The maximum absolute atomic E-state index is 13.2. The predicted molar refractivity (Wildman–Crippen MR) is 131 cm³/mol. The molecular formula is C27H31N3O2S. The molecule has 0 radical (unpaired) electrons. The summed E-state index contributed by atoms with van der Waals surface area (Å²) < 4.78 is 5.61. The Morgan fingerprint density at radius 1 is 1.09 bits per heavy atom. The van der Waals surface area contributed by atoms with Crippen molar-refractivity contribution in [2.75, 3.05) is 19.6 Å². The molecule has 1 saturated heterocycles. The molecule has 5 nitrogen and oxygen atoms in total. The van der Waals surface area contributed by atoms with Crippen LogP contribution in [0.15, 0.2) is 70.1 Å². The van der Waals surface area contributed by atoms with Crippen molar-refractivity contribution in [2.45, 2.75) is 42.9 Å². The van der Waals surface area contributed by atoms with Gasteiger partial charge in [0.1, 0.15) is 5.76 Å². The van der Waals surface area contributed by atoms with Crippen LogP contribution in [0.2, 0.25) is 0 Å². The summed E-state index contributed by atoms with van der Waals surface area (Å²) in [5.41, 5.74) is 3.67. The highest BCUT2D eigenvalue weighted by atomic mass is 32.2. The molecule has 172 valence electrons. The second-order valence-electron chi connectivity index (χ2n) is 9.14. The lowest BCUT2D eigenvalue weighted by molar-refractivity contribution is -0.133. The van der Waals surface area contributed by atoms with Crippen molar-refractivity contribution in [2.24, 2.45) is 11.8 Å². The van der Waals surface area contributed by atoms with Crippen LogP contribution in [0.3, 0.4) is 0 Å². The van der Waals surface area contributed by atoms with Crippen LogP contribution in [0.25, 0.3) is 0 Å². The fourth-order valence-corrected chi connectivity index (χ4v) is 5.80. The van der Waals surface area contributed by atoms with Gasteiger partial charge < -0.3 is 14.7 Å². The van der Waals surface area contributed by atoms with Gasteiger partial charge in [-0.1, -0.05) is 47.6 Å². The van der Waals surface area contributed by atoms with Gasteiger partial charge in [0.25, 0.3) is 0 Å². The fraction of sp³-hybridized carbons (Fsp3) is 0.407. The minimum Gasteiger partial charge on any atom is -0.360 e. The number of aromatic nitrogens is 1. The number of carbonyl (C=O) groups excluding carboxylic acids is 1. The zero-order valence-corrected chi connectivity index (χ0v) is 19.7. The second-order valence-corrected chi connectivity index (χ2v) is 10.2. The summed E-state index contributed by atoms with van der Waals surface area (Å²) in [6, 6.07) is 20.9. The standard InChI is InChI=1S/C27H31N3O2S/c31-27(30-13-11-20-6-4-5-7-22(20)18-30)15-21-10-12-28-17-23(21)14-24-16-25(32-29-24)19-33-26-8-2-1-3-9-26/h1-9,16,21,23,28H,10-15,17-19H2/t21-,23-/m0/s1. The third-order valence-electron chi connectivity index (χ3n) is 6.89. The summed E-state index contributed by atoms with van der Waals surface area (Å²) in [6.45, 7) is 3.49. The van der Waals surface area contributed by atoms with Crippen LogP contribution in [0.1, 0.15) is 35.4 Å². The quantitative estimate of drug-likeness (QED) is 0.517. The summed E-state index contributed by atoms with van der Waals surface area (Å²) in [5, 5.41) is 7.86. The van der Waals surface area contributed by atoms with Crippen molar-refractivity contribution < 1.29 is 9.32 Å². The van der Waals surface area contributed by atoms with E-state index in [1.165, 1.54) is 16.0 Å². The zero-order valence-electron chi connectivity index (χ0n) is 18.9. The van der Waals surface area contributed by atoms with Crippen LogP contribution in [0.5, 0.6) is 0 Å². The van der Waals surface area contributed by atoms with Crippen molar-refractivity contribution >= 4 is 17.7 Å². The first-order valence-corrected chi connectivity index (χ1v) is 12.9. The topological polar surface area (TPSA) is 58.4 Å². The molecule has 0 saturated carbocycles. The Kier molecular flexibility index (Phi) is 7.12. The lowest BCUT2D eigenvalue weighted by Gasteiger charge is -2.34. The predicted octanol–water partition coefficient (Wildman–Crippen LogP) is 4.71. The molecule has 1 aromatic heterocycles.